The largest absolute Gasteiger partial charge is 0.369 e. The Balaban J connectivity index is 1.63. The quantitative estimate of drug-likeness (QED) is 0.677. The number of carbonyl (C=O) groups excluding carboxylic acids is 1. The number of aromatic nitrogens is 2. The van der Waals surface area contributed by atoms with E-state index in [2.05, 4.69) is 9.88 Å². The van der Waals surface area contributed by atoms with E-state index >= 15 is 0 Å². The van der Waals surface area contributed by atoms with Gasteiger partial charge in [0, 0.05) is 50.2 Å². The summed E-state index contributed by atoms with van der Waals surface area (Å²) >= 11 is 1.73. The van der Waals surface area contributed by atoms with E-state index < -0.39 is 0 Å². The van der Waals surface area contributed by atoms with Crippen molar-refractivity contribution in [2.45, 2.75) is 19.6 Å². The number of carbonyl (C=O) groups is 1. The maximum Gasteiger partial charge on any atom is 0.254 e. The van der Waals surface area contributed by atoms with Gasteiger partial charge >= 0.3 is 0 Å². The molecule has 28 heavy (non-hydrogen) atoms. The number of ether oxygens (including phenoxy) is 1. The van der Waals surface area contributed by atoms with E-state index in [0.717, 1.165) is 41.2 Å². The Morgan fingerprint density at radius 2 is 2.18 bits per heavy atom. The Kier molecular flexibility index (Phi) is 5.39. The average Bonchev–Trinajstić information content (AvgIpc) is 3.11. The van der Waals surface area contributed by atoms with Crippen LogP contribution in [0, 0.1) is 6.92 Å². The Labute approximate surface area is 168 Å². The fraction of sp³-hybridized carbons (Fsp3) is 0.381. The minimum atomic E-state index is -0.152. The van der Waals surface area contributed by atoms with Crippen LogP contribution in [0.4, 0.5) is 0 Å². The molecule has 7 heteroatoms. The summed E-state index contributed by atoms with van der Waals surface area (Å²) in [5, 5.41) is 1.96. The van der Waals surface area contributed by atoms with Crippen molar-refractivity contribution in [2.75, 3.05) is 33.8 Å². The molecule has 0 aliphatic carbocycles. The Morgan fingerprint density at radius 1 is 1.36 bits per heavy atom. The van der Waals surface area contributed by atoms with Crippen molar-refractivity contribution in [1.82, 2.24) is 19.8 Å². The Morgan fingerprint density at radius 3 is 2.93 bits per heavy atom. The lowest BCUT2D eigenvalue weighted by Crippen LogP contribution is -2.38. The molecule has 2 aromatic heterocycles. The summed E-state index contributed by atoms with van der Waals surface area (Å²) in [6.07, 6.45) is 1.80. The number of thiazole rings is 1. The molecule has 1 saturated heterocycles. The van der Waals surface area contributed by atoms with Crippen LogP contribution in [-0.4, -0.2) is 59.5 Å². The molecule has 146 valence electrons. The minimum Gasteiger partial charge on any atom is -0.369 e. The molecule has 1 aliphatic heterocycles. The van der Waals surface area contributed by atoms with Gasteiger partial charge in [-0.25, -0.2) is 9.97 Å². The van der Waals surface area contributed by atoms with Crippen molar-refractivity contribution in [2.24, 2.45) is 0 Å². The van der Waals surface area contributed by atoms with E-state index in [-0.39, 0.29) is 12.0 Å². The predicted octanol–water partition coefficient (Wildman–Crippen LogP) is 3.28. The van der Waals surface area contributed by atoms with Gasteiger partial charge in [0.05, 0.1) is 28.4 Å². The third-order valence-corrected chi connectivity index (χ3v) is 5.80. The number of hydrogen-bond acceptors (Lipinski definition) is 6. The lowest BCUT2D eigenvalue weighted by Gasteiger charge is -2.32. The van der Waals surface area contributed by atoms with Crippen molar-refractivity contribution in [3.63, 3.8) is 0 Å². The molecule has 0 saturated carbocycles. The van der Waals surface area contributed by atoms with Gasteiger partial charge < -0.3 is 9.64 Å². The summed E-state index contributed by atoms with van der Waals surface area (Å²) in [4.78, 5) is 27.1. The monoisotopic (exact) mass is 396 g/mol. The van der Waals surface area contributed by atoms with Crippen LogP contribution in [0.2, 0.25) is 0 Å². The minimum absolute atomic E-state index is 0.0207. The van der Waals surface area contributed by atoms with Gasteiger partial charge in [0.15, 0.2) is 0 Å². The summed E-state index contributed by atoms with van der Waals surface area (Å²) in [5.41, 5.74) is 2.31. The van der Waals surface area contributed by atoms with Gasteiger partial charge in [-0.2, -0.15) is 0 Å². The van der Waals surface area contributed by atoms with E-state index in [9.17, 15) is 4.79 Å². The molecule has 3 heterocycles. The molecule has 1 amide bonds. The van der Waals surface area contributed by atoms with E-state index in [0.29, 0.717) is 12.2 Å². The van der Waals surface area contributed by atoms with Crippen LogP contribution < -0.4 is 0 Å². The normalized spacial score (nSPS) is 17.8. The van der Waals surface area contributed by atoms with Crippen molar-refractivity contribution in [3.8, 4) is 0 Å². The first-order valence-corrected chi connectivity index (χ1v) is 10.2. The maximum absolute atomic E-state index is 12.7. The maximum atomic E-state index is 12.7. The molecule has 3 aromatic rings. The first kappa shape index (κ1) is 19.0. The molecule has 0 N–H and O–H groups in total. The molecule has 6 nitrogen and oxygen atoms in total. The number of para-hydroxylation sites is 1. The van der Waals surface area contributed by atoms with Crippen molar-refractivity contribution < 1.29 is 9.53 Å². The topological polar surface area (TPSA) is 58.6 Å². The van der Waals surface area contributed by atoms with Gasteiger partial charge in [-0.1, -0.05) is 18.2 Å². The summed E-state index contributed by atoms with van der Waals surface area (Å²) in [7, 11) is 3.54. The van der Waals surface area contributed by atoms with Crippen molar-refractivity contribution in [1.29, 1.82) is 0 Å². The van der Waals surface area contributed by atoms with Crippen LogP contribution in [0.15, 0.2) is 36.5 Å². The summed E-state index contributed by atoms with van der Waals surface area (Å²) in [6.45, 7) is 5.16. The van der Waals surface area contributed by atoms with Crippen LogP contribution in [0.25, 0.3) is 10.9 Å². The third-order valence-electron chi connectivity index (χ3n) is 4.90. The van der Waals surface area contributed by atoms with Crippen LogP contribution >= 0.6 is 11.3 Å². The molecule has 4 rings (SSSR count). The number of nitrogens with zero attached hydrogens (tertiary/aromatic N) is 4. The molecule has 0 bridgehead atoms. The first-order valence-electron chi connectivity index (χ1n) is 9.38. The number of rotatable bonds is 4. The fourth-order valence-corrected chi connectivity index (χ4v) is 4.34. The third kappa shape index (κ3) is 3.92. The van der Waals surface area contributed by atoms with Crippen LogP contribution in [0.3, 0.4) is 0 Å². The predicted molar refractivity (Wildman–Crippen MR) is 111 cm³/mol. The SMILES string of the molecule is Cc1ncc(CN2CCOC(c3cc(C(=O)N(C)C)c4ccccc4n3)C2)s1. The molecule has 0 radical (unpaired) electrons. The summed E-state index contributed by atoms with van der Waals surface area (Å²) < 4.78 is 6.04. The number of benzene rings is 1. The van der Waals surface area contributed by atoms with Gasteiger partial charge in [-0.15, -0.1) is 11.3 Å². The standard InChI is InChI=1S/C21H24N4O2S/c1-14-22-11-15(28-14)12-25-8-9-27-20(13-25)19-10-17(21(26)24(2)3)16-6-4-5-7-18(16)23-19/h4-7,10-11,20H,8-9,12-13H2,1-3H3. The average molecular weight is 397 g/mol. The second-order valence-electron chi connectivity index (χ2n) is 7.25. The van der Waals surface area contributed by atoms with Crippen LogP contribution in [-0.2, 0) is 11.3 Å². The Hall–Kier alpha value is -2.35. The van der Waals surface area contributed by atoms with Gasteiger partial charge in [0.25, 0.3) is 5.91 Å². The molecule has 1 aromatic carbocycles. The van der Waals surface area contributed by atoms with Gasteiger partial charge in [-0.3, -0.25) is 9.69 Å². The number of amides is 1. The number of hydrogen-bond donors (Lipinski definition) is 0. The zero-order valence-electron chi connectivity index (χ0n) is 16.4. The Bertz CT molecular complexity index is 1000. The van der Waals surface area contributed by atoms with E-state index in [1.54, 1.807) is 30.3 Å². The highest BCUT2D eigenvalue weighted by molar-refractivity contribution is 7.11. The first-order chi connectivity index (χ1) is 13.5. The second kappa shape index (κ2) is 7.95. The summed E-state index contributed by atoms with van der Waals surface area (Å²) in [5.74, 6) is -0.0207. The van der Waals surface area contributed by atoms with Gasteiger partial charge in [0.1, 0.15) is 6.10 Å². The van der Waals surface area contributed by atoms with Crippen molar-refractivity contribution in [3.05, 3.63) is 57.7 Å². The van der Waals surface area contributed by atoms with Crippen LogP contribution in [0.1, 0.15) is 32.0 Å². The highest BCUT2D eigenvalue weighted by atomic mass is 32.1. The van der Waals surface area contributed by atoms with E-state index in [1.165, 1.54) is 4.88 Å². The molecule has 0 spiro atoms. The zero-order chi connectivity index (χ0) is 19.7. The van der Waals surface area contributed by atoms with Crippen LogP contribution in [0.5, 0.6) is 0 Å². The summed E-state index contributed by atoms with van der Waals surface area (Å²) in [6, 6.07) is 9.68. The highest BCUT2D eigenvalue weighted by Gasteiger charge is 2.25. The lowest BCUT2D eigenvalue weighted by molar-refractivity contribution is -0.0345. The lowest BCUT2D eigenvalue weighted by atomic mass is 10.0. The molecule has 1 atom stereocenters. The smallest absolute Gasteiger partial charge is 0.254 e. The van der Waals surface area contributed by atoms with Gasteiger partial charge in [0.2, 0.25) is 0 Å². The molecular formula is C21H24N4O2S. The molecule has 1 aliphatic rings. The van der Waals surface area contributed by atoms with E-state index in [4.69, 9.17) is 9.72 Å². The number of fused-ring (bicyclic) bond motifs is 1. The fourth-order valence-electron chi connectivity index (χ4n) is 3.50. The zero-order valence-corrected chi connectivity index (χ0v) is 17.2. The highest BCUT2D eigenvalue weighted by Crippen LogP contribution is 2.27. The number of morpholine rings is 1. The molecule has 1 unspecified atom stereocenters. The van der Waals surface area contributed by atoms with Gasteiger partial charge in [-0.05, 0) is 19.1 Å². The second-order valence-corrected chi connectivity index (χ2v) is 8.57. The number of pyridine rings is 1. The number of aryl methyl sites for hydroxylation is 1. The molecule has 1 fully saturated rings. The molecular weight excluding hydrogens is 372 g/mol. The van der Waals surface area contributed by atoms with Crippen molar-refractivity contribution >= 4 is 28.1 Å². The van der Waals surface area contributed by atoms with E-state index in [1.807, 2.05) is 43.5 Å².